The molecule has 0 radical (unpaired) electrons. The summed E-state index contributed by atoms with van der Waals surface area (Å²) in [5, 5.41) is 1.59. The molecule has 30 heavy (non-hydrogen) atoms. The third-order valence-electron chi connectivity index (χ3n) is 7.16. The molecule has 0 spiro atoms. The third-order valence-corrected chi connectivity index (χ3v) is 9.21. The predicted octanol–water partition coefficient (Wildman–Crippen LogP) is 8.02. The molecule has 0 amide bonds. The molecular weight excluding hydrogens is 378 g/mol. The van der Waals surface area contributed by atoms with E-state index in [0.29, 0.717) is 0 Å². The largest absolute Gasteiger partial charge is 0.399 e. The normalized spacial score (nSPS) is 14.6. The molecule has 1 nitrogen and oxygen atoms in total. The van der Waals surface area contributed by atoms with Crippen LogP contribution in [-0.2, 0) is 5.41 Å². The van der Waals surface area contributed by atoms with Gasteiger partial charge in [0.1, 0.15) is 0 Å². The molecule has 1 aliphatic rings. The minimum Gasteiger partial charge on any atom is -0.399 e. The van der Waals surface area contributed by atoms with E-state index >= 15 is 0 Å². The molecule has 2 aromatic carbocycles. The van der Waals surface area contributed by atoms with Crippen LogP contribution in [0.15, 0.2) is 36.4 Å². The minimum absolute atomic E-state index is 0.150. The summed E-state index contributed by atoms with van der Waals surface area (Å²) in [4.78, 5) is 0. The van der Waals surface area contributed by atoms with E-state index in [-0.39, 0.29) is 5.41 Å². The minimum atomic E-state index is -1.37. The number of benzene rings is 2. The van der Waals surface area contributed by atoms with E-state index in [1.807, 2.05) is 0 Å². The Morgan fingerprint density at radius 3 is 1.77 bits per heavy atom. The summed E-state index contributed by atoms with van der Waals surface area (Å²) in [6.45, 7) is 12.0. The lowest BCUT2D eigenvalue weighted by Gasteiger charge is -2.34. The van der Waals surface area contributed by atoms with Gasteiger partial charge in [0.2, 0.25) is 0 Å². The summed E-state index contributed by atoms with van der Waals surface area (Å²) in [6.07, 6.45) is 13.1. The number of hydrogen-bond acceptors (Lipinski definition) is 1. The van der Waals surface area contributed by atoms with Crippen LogP contribution in [0.5, 0.6) is 0 Å². The van der Waals surface area contributed by atoms with Crippen molar-refractivity contribution in [3.05, 3.63) is 47.5 Å². The van der Waals surface area contributed by atoms with Gasteiger partial charge in [-0.25, -0.2) is 0 Å². The zero-order chi connectivity index (χ0) is 21.8. The third kappa shape index (κ3) is 4.69. The first-order chi connectivity index (χ1) is 14.3. The summed E-state index contributed by atoms with van der Waals surface area (Å²) >= 11 is 0. The smallest absolute Gasteiger partial charge is 0.0776 e. The first-order valence-corrected chi connectivity index (χ1v) is 15.9. The Kier molecular flexibility index (Phi) is 7.50. The molecule has 3 rings (SSSR count). The standard InChI is InChI=1S/C28H43NSi/c1-6-8-10-12-18-28(19-13-11-9-7-2)26-20-22(29)14-16-24(26)25-17-15-23(21-27(25)28)30(3,4)5/h14-17,20-21H,6-13,18-19,29H2,1-5H3. The van der Waals surface area contributed by atoms with E-state index in [0.717, 1.165) is 5.69 Å². The fraction of sp³-hybridized carbons (Fsp3) is 0.571. The van der Waals surface area contributed by atoms with Crippen LogP contribution in [0.4, 0.5) is 5.69 Å². The summed E-state index contributed by atoms with van der Waals surface area (Å²) in [5.74, 6) is 0. The van der Waals surface area contributed by atoms with Gasteiger partial charge in [-0.2, -0.15) is 0 Å². The Bertz CT molecular complexity index is 834. The number of nitrogen functional groups attached to an aromatic ring is 1. The molecular formula is C28H43NSi. The van der Waals surface area contributed by atoms with Crippen molar-refractivity contribution in [3.63, 3.8) is 0 Å². The molecule has 2 aromatic rings. The molecule has 0 saturated heterocycles. The molecule has 2 heteroatoms. The first kappa shape index (κ1) is 23.1. The van der Waals surface area contributed by atoms with Crippen LogP contribution in [0.2, 0.25) is 19.6 Å². The number of anilines is 1. The fourth-order valence-corrected chi connectivity index (χ4v) is 6.51. The first-order valence-electron chi connectivity index (χ1n) is 12.4. The SMILES string of the molecule is CCCCCCC1(CCCCCC)c2cc(N)ccc2-c2ccc([Si](C)(C)C)cc21. The lowest BCUT2D eigenvalue weighted by Crippen LogP contribution is -2.38. The molecule has 0 atom stereocenters. The maximum absolute atomic E-state index is 6.35. The van der Waals surface area contributed by atoms with Gasteiger partial charge >= 0.3 is 0 Å². The molecule has 0 saturated carbocycles. The quantitative estimate of drug-likeness (QED) is 0.222. The molecule has 0 heterocycles. The van der Waals surface area contributed by atoms with Gasteiger partial charge in [-0.3, -0.25) is 0 Å². The number of unbranched alkanes of at least 4 members (excludes halogenated alkanes) is 6. The Balaban J connectivity index is 2.10. The van der Waals surface area contributed by atoms with Crippen LogP contribution in [0, 0.1) is 0 Å². The van der Waals surface area contributed by atoms with Crippen LogP contribution in [0.3, 0.4) is 0 Å². The van der Waals surface area contributed by atoms with Crippen molar-refractivity contribution in [1.29, 1.82) is 0 Å². The van der Waals surface area contributed by atoms with Crippen LogP contribution in [-0.4, -0.2) is 8.07 Å². The number of rotatable bonds is 11. The molecule has 0 bridgehead atoms. The highest BCUT2D eigenvalue weighted by Crippen LogP contribution is 2.54. The molecule has 0 unspecified atom stereocenters. The van der Waals surface area contributed by atoms with Crippen molar-refractivity contribution in [2.75, 3.05) is 5.73 Å². The van der Waals surface area contributed by atoms with E-state index in [4.69, 9.17) is 5.73 Å². The summed E-state index contributed by atoms with van der Waals surface area (Å²) < 4.78 is 0. The second kappa shape index (κ2) is 9.72. The molecule has 164 valence electrons. The molecule has 0 fully saturated rings. The topological polar surface area (TPSA) is 26.0 Å². The molecule has 1 aliphatic carbocycles. The summed E-state index contributed by atoms with van der Waals surface area (Å²) in [7, 11) is -1.37. The monoisotopic (exact) mass is 421 g/mol. The second-order valence-corrected chi connectivity index (χ2v) is 15.6. The van der Waals surface area contributed by atoms with Crippen molar-refractivity contribution in [3.8, 4) is 11.1 Å². The van der Waals surface area contributed by atoms with E-state index in [1.54, 1.807) is 10.8 Å². The van der Waals surface area contributed by atoms with Gasteiger partial charge in [0.05, 0.1) is 8.07 Å². The van der Waals surface area contributed by atoms with Gasteiger partial charge in [0.25, 0.3) is 0 Å². The Hall–Kier alpha value is -1.54. The van der Waals surface area contributed by atoms with Crippen molar-refractivity contribution < 1.29 is 0 Å². The zero-order valence-electron chi connectivity index (χ0n) is 20.1. The van der Waals surface area contributed by atoms with Crippen LogP contribution >= 0.6 is 0 Å². The lowest BCUT2D eigenvalue weighted by atomic mass is 9.70. The van der Waals surface area contributed by atoms with Gasteiger partial charge < -0.3 is 5.73 Å². The van der Waals surface area contributed by atoms with Crippen LogP contribution in [0.1, 0.15) is 89.2 Å². The molecule has 0 aliphatic heterocycles. The number of nitrogens with two attached hydrogens (primary N) is 1. The highest BCUT2D eigenvalue weighted by molar-refractivity contribution is 6.88. The van der Waals surface area contributed by atoms with E-state index < -0.39 is 8.07 Å². The van der Waals surface area contributed by atoms with Gasteiger partial charge in [-0.15, -0.1) is 0 Å². The van der Waals surface area contributed by atoms with Crippen LogP contribution in [0.25, 0.3) is 11.1 Å². The van der Waals surface area contributed by atoms with Crippen molar-refractivity contribution >= 4 is 18.9 Å². The number of fused-ring (bicyclic) bond motifs is 3. The predicted molar refractivity (Wildman–Crippen MR) is 138 cm³/mol. The van der Waals surface area contributed by atoms with Crippen molar-refractivity contribution in [2.45, 2.75) is 103 Å². The second-order valence-electron chi connectivity index (χ2n) is 10.5. The van der Waals surface area contributed by atoms with Gasteiger partial charge in [-0.05, 0) is 47.2 Å². The van der Waals surface area contributed by atoms with E-state index in [1.165, 1.54) is 80.9 Å². The summed E-state index contributed by atoms with van der Waals surface area (Å²) in [5.41, 5.74) is 13.4. The average molecular weight is 422 g/mol. The zero-order valence-corrected chi connectivity index (χ0v) is 21.1. The highest BCUT2D eigenvalue weighted by Gasteiger charge is 2.42. The maximum atomic E-state index is 6.35. The molecule has 0 aromatic heterocycles. The van der Waals surface area contributed by atoms with Crippen molar-refractivity contribution in [1.82, 2.24) is 0 Å². The van der Waals surface area contributed by atoms with Gasteiger partial charge in [-0.1, -0.05) is 114 Å². The lowest BCUT2D eigenvalue weighted by molar-refractivity contribution is 0.401. The molecule has 2 N–H and O–H groups in total. The Labute approximate surface area is 186 Å². The average Bonchev–Trinajstić information content (AvgIpc) is 2.97. The fourth-order valence-electron chi connectivity index (χ4n) is 5.35. The van der Waals surface area contributed by atoms with E-state index in [2.05, 4.69) is 69.9 Å². The van der Waals surface area contributed by atoms with E-state index in [9.17, 15) is 0 Å². The van der Waals surface area contributed by atoms with Crippen LogP contribution < -0.4 is 10.9 Å². The summed E-state index contributed by atoms with van der Waals surface area (Å²) in [6, 6.07) is 14.1. The number of hydrogen-bond donors (Lipinski definition) is 1. The highest BCUT2D eigenvalue weighted by atomic mass is 28.3. The Morgan fingerprint density at radius 2 is 1.23 bits per heavy atom. The van der Waals surface area contributed by atoms with Crippen molar-refractivity contribution in [2.24, 2.45) is 0 Å². The van der Waals surface area contributed by atoms with Gasteiger partial charge in [0, 0.05) is 11.1 Å². The van der Waals surface area contributed by atoms with Gasteiger partial charge in [0.15, 0.2) is 0 Å². The maximum Gasteiger partial charge on any atom is 0.0776 e. The Morgan fingerprint density at radius 1 is 0.700 bits per heavy atom.